The maximum Gasteiger partial charge on any atom is 0.254 e. The van der Waals surface area contributed by atoms with Crippen molar-refractivity contribution < 1.29 is 9.53 Å². The van der Waals surface area contributed by atoms with Gasteiger partial charge in [-0.25, -0.2) is 4.98 Å². The van der Waals surface area contributed by atoms with Crippen LogP contribution in [0.1, 0.15) is 16.8 Å². The van der Waals surface area contributed by atoms with Crippen LogP contribution in [0.2, 0.25) is 10.3 Å². The normalized spacial score (nSPS) is 15.2. The van der Waals surface area contributed by atoms with Gasteiger partial charge in [0.25, 0.3) is 5.91 Å². The van der Waals surface area contributed by atoms with Gasteiger partial charge in [0.15, 0.2) is 0 Å². The molecule has 6 nitrogen and oxygen atoms in total. The lowest BCUT2D eigenvalue weighted by Gasteiger charge is -2.30. The number of carbonyl (C=O) groups excluding carboxylic acids is 1. The fourth-order valence-corrected chi connectivity index (χ4v) is 2.82. The van der Waals surface area contributed by atoms with E-state index in [0.29, 0.717) is 31.9 Å². The molecular weight excluding hydrogens is 339 g/mol. The zero-order valence-corrected chi connectivity index (χ0v) is 14.2. The summed E-state index contributed by atoms with van der Waals surface area (Å²) in [7, 11) is 0. The van der Waals surface area contributed by atoms with Crippen molar-refractivity contribution in [1.29, 1.82) is 5.26 Å². The summed E-state index contributed by atoms with van der Waals surface area (Å²) in [6, 6.07) is 5.05. The van der Waals surface area contributed by atoms with Gasteiger partial charge in [0, 0.05) is 38.3 Å². The van der Waals surface area contributed by atoms with Crippen molar-refractivity contribution >= 4 is 29.1 Å². The molecule has 0 bridgehead atoms. The average Bonchev–Trinajstić information content (AvgIpc) is 2.54. The SMILES string of the molecule is N#CCCN(CCN1CCOCC1)C(=O)c1cc(Cl)nc(Cl)c1. The second-order valence-corrected chi connectivity index (χ2v) is 5.93. The zero-order chi connectivity index (χ0) is 16.7. The summed E-state index contributed by atoms with van der Waals surface area (Å²) < 4.78 is 5.31. The van der Waals surface area contributed by atoms with Gasteiger partial charge in [-0.15, -0.1) is 0 Å². The lowest BCUT2D eigenvalue weighted by atomic mass is 10.2. The Hall–Kier alpha value is -1.39. The first-order valence-corrected chi connectivity index (χ1v) is 8.15. The summed E-state index contributed by atoms with van der Waals surface area (Å²) in [6.45, 7) is 4.78. The number of pyridine rings is 1. The van der Waals surface area contributed by atoms with Crippen molar-refractivity contribution in [3.05, 3.63) is 28.0 Å². The first kappa shape index (κ1) is 18.0. The van der Waals surface area contributed by atoms with Gasteiger partial charge >= 0.3 is 0 Å². The van der Waals surface area contributed by atoms with Crippen LogP contribution < -0.4 is 0 Å². The molecule has 0 aliphatic carbocycles. The van der Waals surface area contributed by atoms with Gasteiger partial charge in [-0.2, -0.15) is 5.26 Å². The van der Waals surface area contributed by atoms with Crippen molar-refractivity contribution in [2.45, 2.75) is 6.42 Å². The number of nitriles is 1. The van der Waals surface area contributed by atoms with Gasteiger partial charge in [-0.05, 0) is 12.1 Å². The molecule has 1 fully saturated rings. The van der Waals surface area contributed by atoms with Crippen LogP contribution in [-0.2, 0) is 4.74 Å². The maximum absolute atomic E-state index is 12.7. The van der Waals surface area contributed by atoms with Gasteiger partial charge < -0.3 is 9.64 Å². The predicted octanol–water partition coefficient (Wildman–Crippen LogP) is 2.08. The second-order valence-electron chi connectivity index (χ2n) is 5.16. The number of halogens is 2. The summed E-state index contributed by atoms with van der Waals surface area (Å²) in [4.78, 5) is 20.4. The molecule has 0 atom stereocenters. The minimum Gasteiger partial charge on any atom is -0.379 e. The molecule has 8 heteroatoms. The molecule has 0 unspecified atom stereocenters. The highest BCUT2D eigenvalue weighted by molar-refractivity contribution is 6.33. The van der Waals surface area contributed by atoms with E-state index in [2.05, 4.69) is 16.0 Å². The summed E-state index contributed by atoms with van der Waals surface area (Å²) in [5.41, 5.74) is 0.384. The van der Waals surface area contributed by atoms with E-state index in [9.17, 15) is 4.79 Å². The molecule has 23 heavy (non-hydrogen) atoms. The molecule has 1 saturated heterocycles. The standard InChI is InChI=1S/C15H18Cl2N4O2/c16-13-10-12(11-14(17)19-13)15(22)21(3-1-2-18)5-4-20-6-8-23-9-7-20/h10-11H,1,3-9H2. The fourth-order valence-electron chi connectivity index (χ4n) is 2.36. The van der Waals surface area contributed by atoms with Crippen LogP contribution in [0.5, 0.6) is 0 Å². The molecule has 1 aliphatic rings. The molecule has 0 aromatic carbocycles. The number of nitrogens with zero attached hydrogens (tertiary/aromatic N) is 4. The molecular formula is C15H18Cl2N4O2. The number of amides is 1. The Kier molecular flexibility index (Phi) is 7.06. The summed E-state index contributed by atoms with van der Waals surface area (Å²) in [6.07, 6.45) is 0.279. The van der Waals surface area contributed by atoms with E-state index in [-0.39, 0.29) is 22.6 Å². The highest BCUT2D eigenvalue weighted by Crippen LogP contribution is 2.16. The van der Waals surface area contributed by atoms with Crippen LogP contribution in [0.3, 0.4) is 0 Å². The molecule has 1 aliphatic heterocycles. The van der Waals surface area contributed by atoms with E-state index >= 15 is 0 Å². The van der Waals surface area contributed by atoms with Crippen molar-refractivity contribution in [2.24, 2.45) is 0 Å². The fraction of sp³-hybridized carbons (Fsp3) is 0.533. The Balaban J connectivity index is 2.03. The number of ether oxygens (including phenoxy) is 1. The van der Waals surface area contributed by atoms with Gasteiger partial charge in [0.2, 0.25) is 0 Å². The minimum absolute atomic E-state index is 0.175. The zero-order valence-electron chi connectivity index (χ0n) is 12.7. The molecule has 0 N–H and O–H groups in total. The highest BCUT2D eigenvalue weighted by Gasteiger charge is 2.19. The number of morpholine rings is 1. The lowest BCUT2D eigenvalue weighted by molar-refractivity contribution is 0.0326. The van der Waals surface area contributed by atoms with Crippen LogP contribution in [0.4, 0.5) is 0 Å². The highest BCUT2D eigenvalue weighted by atomic mass is 35.5. The number of hydrogen-bond acceptors (Lipinski definition) is 5. The number of rotatable bonds is 6. The van der Waals surface area contributed by atoms with E-state index in [1.54, 1.807) is 4.90 Å². The Morgan fingerprint density at radius 3 is 2.57 bits per heavy atom. The molecule has 2 rings (SSSR count). The monoisotopic (exact) mass is 356 g/mol. The van der Waals surface area contributed by atoms with Crippen LogP contribution in [0, 0.1) is 11.3 Å². The van der Waals surface area contributed by atoms with Gasteiger partial charge in [0.05, 0.1) is 25.7 Å². The van der Waals surface area contributed by atoms with E-state index in [1.165, 1.54) is 12.1 Å². The van der Waals surface area contributed by atoms with Crippen molar-refractivity contribution in [1.82, 2.24) is 14.8 Å². The Bertz CT molecular complexity index is 565. The Morgan fingerprint density at radius 2 is 1.96 bits per heavy atom. The molecule has 1 aromatic heterocycles. The first-order chi connectivity index (χ1) is 11.1. The number of carbonyl (C=O) groups is 1. The van der Waals surface area contributed by atoms with E-state index in [1.807, 2.05) is 0 Å². The largest absolute Gasteiger partial charge is 0.379 e. The Morgan fingerprint density at radius 1 is 1.30 bits per heavy atom. The van der Waals surface area contributed by atoms with Gasteiger partial charge in [0.1, 0.15) is 10.3 Å². The maximum atomic E-state index is 12.7. The predicted molar refractivity (Wildman–Crippen MR) is 87.6 cm³/mol. The topological polar surface area (TPSA) is 69.5 Å². The van der Waals surface area contributed by atoms with E-state index in [4.69, 9.17) is 33.2 Å². The molecule has 1 amide bonds. The quantitative estimate of drug-likeness (QED) is 0.729. The number of hydrogen-bond donors (Lipinski definition) is 0. The van der Waals surface area contributed by atoms with Crippen molar-refractivity contribution in [3.63, 3.8) is 0 Å². The molecule has 124 valence electrons. The summed E-state index contributed by atoms with van der Waals surface area (Å²) >= 11 is 11.7. The average molecular weight is 357 g/mol. The van der Waals surface area contributed by atoms with Crippen LogP contribution in [0.15, 0.2) is 12.1 Å². The summed E-state index contributed by atoms with van der Waals surface area (Å²) in [5.74, 6) is -0.195. The summed E-state index contributed by atoms with van der Waals surface area (Å²) in [5, 5.41) is 9.16. The molecule has 0 spiro atoms. The van der Waals surface area contributed by atoms with Gasteiger partial charge in [-0.3, -0.25) is 9.69 Å². The molecule has 0 radical (unpaired) electrons. The minimum atomic E-state index is -0.195. The molecule has 1 aromatic rings. The van der Waals surface area contributed by atoms with Crippen molar-refractivity contribution in [2.75, 3.05) is 45.9 Å². The van der Waals surface area contributed by atoms with Crippen LogP contribution in [0.25, 0.3) is 0 Å². The molecule has 2 heterocycles. The van der Waals surface area contributed by atoms with Gasteiger partial charge in [-0.1, -0.05) is 23.2 Å². The van der Waals surface area contributed by atoms with Crippen molar-refractivity contribution in [3.8, 4) is 6.07 Å². The van der Waals surface area contributed by atoms with Crippen LogP contribution in [-0.4, -0.2) is 66.6 Å². The molecule has 0 saturated carbocycles. The van der Waals surface area contributed by atoms with E-state index < -0.39 is 0 Å². The van der Waals surface area contributed by atoms with E-state index in [0.717, 1.165) is 19.6 Å². The third-order valence-corrected chi connectivity index (χ3v) is 3.97. The first-order valence-electron chi connectivity index (χ1n) is 7.39. The second kappa shape index (κ2) is 9.04. The lowest BCUT2D eigenvalue weighted by Crippen LogP contribution is -2.43. The Labute approximate surface area is 145 Å². The third-order valence-electron chi connectivity index (χ3n) is 3.58. The smallest absolute Gasteiger partial charge is 0.254 e. The number of aromatic nitrogens is 1. The third kappa shape index (κ3) is 5.63. The van der Waals surface area contributed by atoms with Crippen LogP contribution >= 0.6 is 23.2 Å².